The van der Waals surface area contributed by atoms with Crippen LogP contribution >= 0.6 is 12.2 Å². The van der Waals surface area contributed by atoms with Crippen molar-refractivity contribution in [1.29, 1.82) is 0 Å². The van der Waals surface area contributed by atoms with Crippen LogP contribution in [0.15, 0.2) is 66.7 Å². The lowest BCUT2D eigenvalue weighted by molar-refractivity contribution is 0.0127. The Hall–Kier alpha value is -4.48. The molecule has 0 bridgehead atoms. The fourth-order valence-electron chi connectivity index (χ4n) is 4.96. The van der Waals surface area contributed by atoms with Crippen LogP contribution in [0.5, 0.6) is 11.5 Å². The van der Waals surface area contributed by atoms with Crippen LogP contribution in [0.2, 0.25) is 0 Å². The maximum atomic E-state index is 13.4. The van der Waals surface area contributed by atoms with Crippen LogP contribution in [0, 0.1) is 6.92 Å². The molecule has 244 valence electrons. The molecular weight excluding hydrogens is 608 g/mol. The van der Waals surface area contributed by atoms with Gasteiger partial charge in [0.2, 0.25) is 0 Å². The normalized spacial score (nSPS) is 16.6. The fraction of sp³-hybridized carbons (Fsp3) is 0.371. The molecule has 0 radical (unpaired) electrons. The van der Waals surface area contributed by atoms with Crippen LogP contribution in [0.4, 0.5) is 4.79 Å². The number of amides is 2. The van der Waals surface area contributed by atoms with Gasteiger partial charge in [0, 0.05) is 31.3 Å². The maximum absolute atomic E-state index is 13.4. The number of aryl methyl sites for hydroxylation is 1. The Bertz CT molecular complexity index is 1550. The van der Waals surface area contributed by atoms with Gasteiger partial charge in [0.15, 0.2) is 6.79 Å². The van der Waals surface area contributed by atoms with Crippen LogP contribution in [-0.2, 0) is 14.2 Å². The van der Waals surface area contributed by atoms with Crippen molar-refractivity contribution < 1.29 is 38.4 Å². The number of hydrogen-bond donors (Lipinski definition) is 2. The predicted molar refractivity (Wildman–Crippen MR) is 177 cm³/mol. The highest BCUT2D eigenvalue weighted by molar-refractivity contribution is 7.81. The number of thiocarbonyl (C=S) groups is 1. The number of aromatic hydroxyl groups is 1. The number of phenols is 1. The van der Waals surface area contributed by atoms with E-state index in [-0.39, 0.29) is 19.1 Å². The zero-order valence-electron chi connectivity index (χ0n) is 26.7. The van der Waals surface area contributed by atoms with Crippen molar-refractivity contribution in [2.75, 3.05) is 27.0 Å². The maximum Gasteiger partial charge on any atom is 0.410 e. The summed E-state index contributed by atoms with van der Waals surface area (Å²) in [4.78, 5) is 41.6. The molecule has 2 atom stereocenters. The molecule has 0 aromatic heterocycles. The first-order valence-electron chi connectivity index (χ1n) is 15.0. The molecule has 10 nitrogen and oxygen atoms in total. The lowest BCUT2D eigenvalue weighted by atomic mass is 10.0. The Kier molecular flexibility index (Phi) is 11.4. The van der Waals surface area contributed by atoms with E-state index in [2.05, 4.69) is 5.32 Å². The summed E-state index contributed by atoms with van der Waals surface area (Å²) in [6.07, 6.45) is -0.306. The Labute approximate surface area is 274 Å². The topological polar surface area (TPSA) is 124 Å². The van der Waals surface area contributed by atoms with Crippen molar-refractivity contribution >= 4 is 35.1 Å². The summed E-state index contributed by atoms with van der Waals surface area (Å²) in [6, 6.07) is 17.6. The minimum absolute atomic E-state index is 0.0273. The molecule has 0 spiro atoms. The van der Waals surface area contributed by atoms with Gasteiger partial charge in [0.05, 0.1) is 16.5 Å². The molecule has 4 rings (SSSR count). The molecule has 1 aliphatic rings. The van der Waals surface area contributed by atoms with Crippen molar-refractivity contribution in [3.8, 4) is 11.5 Å². The highest BCUT2D eigenvalue weighted by Gasteiger charge is 2.35. The number of methoxy groups -OCH3 is 1. The lowest BCUT2D eigenvalue weighted by Crippen LogP contribution is -2.51. The van der Waals surface area contributed by atoms with Crippen molar-refractivity contribution in [1.82, 2.24) is 10.2 Å². The summed E-state index contributed by atoms with van der Waals surface area (Å²) < 4.78 is 22.3. The van der Waals surface area contributed by atoms with E-state index in [1.807, 2.05) is 25.1 Å². The van der Waals surface area contributed by atoms with Crippen LogP contribution in [0.1, 0.15) is 71.0 Å². The summed E-state index contributed by atoms with van der Waals surface area (Å²) in [6.45, 7) is 7.84. The number of benzene rings is 3. The number of esters is 1. The highest BCUT2D eigenvalue weighted by atomic mass is 32.1. The summed E-state index contributed by atoms with van der Waals surface area (Å²) >= 11 is 5.77. The van der Waals surface area contributed by atoms with Crippen LogP contribution in [-0.4, -0.2) is 77.6 Å². The van der Waals surface area contributed by atoms with E-state index in [4.69, 9.17) is 31.2 Å². The van der Waals surface area contributed by atoms with E-state index in [0.29, 0.717) is 41.1 Å². The Morgan fingerprint density at radius 2 is 1.63 bits per heavy atom. The summed E-state index contributed by atoms with van der Waals surface area (Å²) in [5.74, 6) is -0.383. The number of ether oxygens (including phenoxy) is 4. The van der Waals surface area contributed by atoms with Crippen molar-refractivity contribution in [3.63, 3.8) is 0 Å². The van der Waals surface area contributed by atoms with Gasteiger partial charge in [-0.3, -0.25) is 4.79 Å². The standard InChI is InChI=1S/C35H40N2O8S/c1-22-8-17-29(43-21-42-5)27(19-22)31(46)23-9-11-25(12-10-23)33(40)44-30-7-6-18-37(34(41)45-35(2,3)4)20-28(30)36-32(39)24-13-15-26(38)16-14-24/h8-17,19,28,30,38H,6-7,18,20-21H2,1-5H3,(H,36,39)/t28-,30-/m1/s1. The van der Waals surface area contributed by atoms with Gasteiger partial charge in [-0.25, -0.2) is 9.59 Å². The van der Waals surface area contributed by atoms with Gasteiger partial charge in [-0.2, -0.15) is 0 Å². The lowest BCUT2D eigenvalue weighted by Gasteiger charge is -2.30. The van der Waals surface area contributed by atoms with E-state index in [1.165, 1.54) is 29.2 Å². The third-order valence-corrected chi connectivity index (χ3v) is 7.69. The summed E-state index contributed by atoms with van der Waals surface area (Å²) in [5.41, 5.74) is 2.40. The summed E-state index contributed by atoms with van der Waals surface area (Å²) in [7, 11) is 1.54. The van der Waals surface area contributed by atoms with Gasteiger partial charge < -0.3 is 34.3 Å². The van der Waals surface area contributed by atoms with E-state index < -0.39 is 35.7 Å². The SMILES string of the molecule is COCOc1ccc(C)cc1C(=S)c1ccc(C(=O)O[C@@H]2CCCN(C(=O)OC(C)(C)C)C[C@H]2NC(=O)c2ccc(O)cc2)cc1. The molecule has 3 aromatic carbocycles. The molecular formula is C35H40N2O8S. The first-order chi connectivity index (χ1) is 21.8. The van der Waals surface area contributed by atoms with Crippen LogP contribution < -0.4 is 10.1 Å². The number of phenolic OH excluding ortho intramolecular Hbond substituents is 1. The smallest absolute Gasteiger partial charge is 0.410 e. The van der Waals surface area contributed by atoms with Crippen molar-refractivity contribution in [2.45, 2.75) is 58.3 Å². The number of hydrogen-bond acceptors (Lipinski definition) is 9. The zero-order valence-corrected chi connectivity index (χ0v) is 27.5. The fourth-order valence-corrected chi connectivity index (χ4v) is 5.25. The number of nitrogens with zero attached hydrogens (tertiary/aromatic N) is 1. The first kappa shape index (κ1) is 34.4. The Balaban J connectivity index is 1.52. The van der Waals surface area contributed by atoms with Crippen molar-refractivity contribution in [3.05, 3.63) is 94.5 Å². The van der Waals surface area contributed by atoms with Crippen LogP contribution in [0.25, 0.3) is 0 Å². The largest absolute Gasteiger partial charge is 0.508 e. The third kappa shape index (κ3) is 9.27. The van der Waals surface area contributed by atoms with E-state index in [9.17, 15) is 19.5 Å². The molecule has 1 aliphatic heterocycles. The highest BCUT2D eigenvalue weighted by Crippen LogP contribution is 2.25. The molecule has 0 saturated carbocycles. The Morgan fingerprint density at radius 3 is 2.28 bits per heavy atom. The average molecular weight is 649 g/mol. The van der Waals surface area contributed by atoms with Gasteiger partial charge in [-0.05, 0) is 94.6 Å². The number of carbonyl (C=O) groups is 3. The molecule has 11 heteroatoms. The molecule has 1 saturated heterocycles. The molecule has 1 heterocycles. The molecule has 2 amide bonds. The first-order valence-corrected chi connectivity index (χ1v) is 15.4. The molecule has 46 heavy (non-hydrogen) atoms. The third-order valence-electron chi connectivity index (χ3n) is 7.23. The molecule has 0 unspecified atom stereocenters. The van der Waals surface area contributed by atoms with Gasteiger partial charge in [-0.1, -0.05) is 36.0 Å². The second kappa shape index (κ2) is 15.2. The minimum atomic E-state index is -0.727. The van der Waals surface area contributed by atoms with Gasteiger partial charge in [0.25, 0.3) is 5.91 Å². The van der Waals surface area contributed by atoms with Crippen molar-refractivity contribution in [2.24, 2.45) is 0 Å². The van der Waals surface area contributed by atoms with E-state index >= 15 is 0 Å². The predicted octanol–water partition coefficient (Wildman–Crippen LogP) is 5.80. The van der Waals surface area contributed by atoms with E-state index in [0.717, 1.165) is 16.7 Å². The van der Waals surface area contributed by atoms with Gasteiger partial charge in [-0.15, -0.1) is 0 Å². The Morgan fingerprint density at radius 1 is 0.978 bits per heavy atom. The van der Waals surface area contributed by atoms with E-state index in [1.54, 1.807) is 52.1 Å². The average Bonchev–Trinajstić information content (AvgIpc) is 3.21. The van der Waals surface area contributed by atoms with Gasteiger partial charge >= 0.3 is 12.1 Å². The van der Waals surface area contributed by atoms with Crippen LogP contribution in [0.3, 0.4) is 0 Å². The number of likely N-dealkylation sites (tertiary alicyclic amines) is 1. The molecule has 2 N–H and O–H groups in total. The quantitative estimate of drug-likeness (QED) is 0.128. The number of rotatable bonds is 9. The second-order valence-electron chi connectivity index (χ2n) is 12.1. The van der Waals surface area contributed by atoms with Gasteiger partial charge in [0.1, 0.15) is 23.2 Å². The minimum Gasteiger partial charge on any atom is -0.508 e. The number of nitrogens with one attached hydrogen (secondary N) is 1. The zero-order chi connectivity index (χ0) is 33.4. The molecule has 0 aliphatic carbocycles. The second-order valence-corrected chi connectivity index (χ2v) is 12.5. The molecule has 3 aromatic rings. The number of carbonyl (C=O) groups excluding carboxylic acids is 3. The monoisotopic (exact) mass is 648 g/mol. The molecule has 1 fully saturated rings. The summed E-state index contributed by atoms with van der Waals surface area (Å²) in [5, 5.41) is 12.6.